The van der Waals surface area contributed by atoms with Crippen molar-refractivity contribution in [2.45, 2.75) is 31.8 Å². The van der Waals surface area contributed by atoms with Crippen LogP contribution in [0.25, 0.3) is 21.8 Å². The van der Waals surface area contributed by atoms with E-state index in [0.29, 0.717) is 15.8 Å². The summed E-state index contributed by atoms with van der Waals surface area (Å²) in [5.74, 6) is 0.595. The molecule has 2 heterocycles. The van der Waals surface area contributed by atoms with Crippen LogP contribution in [0.1, 0.15) is 25.7 Å². The molecule has 0 aliphatic heterocycles. The van der Waals surface area contributed by atoms with Gasteiger partial charge >= 0.3 is 0 Å². The number of rotatable bonds is 2. The molecule has 0 saturated heterocycles. The van der Waals surface area contributed by atoms with Crippen LogP contribution < -0.4 is 4.74 Å². The molecule has 0 amide bonds. The van der Waals surface area contributed by atoms with Crippen LogP contribution >= 0.6 is 23.2 Å². The summed E-state index contributed by atoms with van der Waals surface area (Å²) in [6.45, 7) is 0. The third-order valence-electron chi connectivity index (χ3n) is 4.13. The number of hydrogen-bond donors (Lipinski definition) is 1. The molecule has 1 saturated carbocycles. The number of aromatic nitrogens is 2. The smallest absolute Gasteiger partial charge is 0.159 e. The van der Waals surface area contributed by atoms with Gasteiger partial charge in [0.2, 0.25) is 0 Å². The Hall–Kier alpha value is -1.45. The van der Waals surface area contributed by atoms with E-state index in [0.717, 1.165) is 34.6 Å². The highest BCUT2D eigenvalue weighted by Gasteiger charge is 2.22. The molecule has 5 heteroatoms. The van der Waals surface area contributed by atoms with E-state index in [1.807, 2.05) is 12.1 Å². The lowest BCUT2D eigenvalue weighted by atomic mass is 10.2. The molecule has 2 aromatic heterocycles. The second kappa shape index (κ2) is 5.08. The number of ether oxygens (including phenoxy) is 1. The Morgan fingerprint density at radius 3 is 2.81 bits per heavy atom. The standard InChI is InChI=1S/C16H14Cl2N2O/c17-12-7-11-10-5-6-19-8-13(10)20-15(11)14(18)16(12)21-9-3-1-2-4-9/h5-9,20H,1-4H2. The summed E-state index contributed by atoms with van der Waals surface area (Å²) >= 11 is 12.9. The Morgan fingerprint density at radius 1 is 1.19 bits per heavy atom. The average molecular weight is 321 g/mol. The van der Waals surface area contributed by atoms with Crippen LogP contribution in [0.2, 0.25) is 10.0 Å². The fraction of sp³-hybridized carbons (Fsp3) is 0.312. The highest BCUT2D eigenvalue weighted by Crippen LogP contribution is 2.42. The van der Waals surface area contributed by atoms with Crippen LogP contribution in [0.4, 0.5) is 0 Å². The molecule has 1 N–H and O–H groups in total. The Morgan fingerprint density at radius 2 is 2.00 bits per heavy atom. The van der Waals surface area contributed by atoms with Gasteiger partial charge in [-0.15, -0.1) is 0 Å². The lowest BCUT2D eigenvalue weighted by Crippen LogP contribution is -2.11. The molecule has 1 aromatic carbocycles. The zero-order valence-corrected chi connectivity index (χ0v) is 12.8. The van der Waals surface area contributed by atoms with Crippen molar-refractivity contribution in [3.05, 3.63) is 34.6 Å². The summed E-state index contributed by atoms with van der Waals surface area (Å²) in [6, 6.07) is 3.88. The minimum atomic E-state index is 0.225. The highest BCUT2D eigenvalue weighted by molar-refractivity contribution is 6.42. The third kappa shape index (κ3) is 2.16. The summed E-state index contributed by atoms with van der Waals surface area (Å²) in [5, 5.41) is 3.19. The second-order valence-electron chi connectivity index (χ2n) is 5.49. The first-order valence-corrected chi connectivity index (χ1v) is 7.89. The molecule has 0 atom stereocenters. The van der Waals surface area contributed by atoms with Crippen molar-refractivity contribution in [3.8, 4) is 5.75 Å². The first-order valence-electron chi connectivity index (χ1n) is 7.14. The summed E-state index contributed by atoms with van der Waals surface area (Å²) in [4.78, 5) is 7.43. The van der Waals surface area contributed by atoms with Gasteiger partial charge in [-0.1, -0.05) is 23.2 Å². The molecule has 4 rings (SSSR count). The number of benzene rings is 1. The van der Waals surface area contributed by atoms with Crippen molar-refractivity contribution in [2.24, 2.45) is 0 Å². The number of hydrogen-bond acceptors (Lipinski definition) is 2. The highest BCUT2D eigenvalue weighted by atomic mass is 35.5. The largest absolute Gasteiger partial charge is 0.487 e. The van der Waals surface area contributed by atoms with Crippen LogP contribution in [0.3, 0.4) is 0 Å². The van der Waals surface area contributed by atoms with Gasteiger partial charge in [0.05, 0.1) is 28.4 Å². The SMILES string of the molecule is Clc1cc2c([nH]c3cnccc32)c(Cl)c1OC1CCCC1. The predicted octanol–water partition coefficient (Wildman–Crippen LogP) is 5.34. The zero-order valence-electron chi connectivity index (χ0n) is 11.3. The number of nitrogens with one attached hydrogen (secondary N) is 1. The van der Waals surface area contributed by atoms with Crippen molar-refractivity contribution in [1.29, 1.82) is 0 Å². The van der Waals surface area contributed by atoms with Gasteiger partial charge in [-0.25, -0.2) is 0 Å². The van der Waals surface area contributed by atoms with Crippen molar-refractivity contribution in [1.82, 2.24) is 9.97 Å². The topological polar surface area (TPSA) is 37.9 Å². The monoisotopic (exact) mass is 320 g/mol. The fourth-order valence-electron chi connectivity index (χ4n) is 3.08. The van der Waals surface area contributed by atoms with Crippen molar-refractivity contribution in [2.75, 3.05) is 0 Å². The Balaban J connectivity index is 1.89. The van der Waals surface area contributed by atoms with E-state index in [1.165, 1.54) is 12.8 Å². The van der Waals surface area contributed by atoms with Crippen LogP contribution in [0, 0.1) is 0 Å². The van der Waals surface area contributed by atoms with Crippen LogP contribution in [0.15, 0.2) is 24.5 Å². The van der Waals surface area contributed by atoms with Gasteiger partial charge in [0.15, 0.2) is 5.75 Å². The molecule has 21 heavy (non-hydrogen) atoms. The maximum atomic E-state index is 6.54. The van der Waals surface area contributed by atoms with Gasteiger partial charge in [0.25, 0.3) is 0 Å². The molecular formula is C16H14Cl2N2O. The number of pyridine rings is 1. The summed E-state index contributed by atoms with van der Waals surface area (Å²) < 4.78 is 6.04. The molecule has 0 bridgehead atoms. The van der Waals surface area contributed by atoms with Gasteiger partial charge in [0, 0.05) is 17.0 Å². The minimum absolute atomic E-state index is 0.225. The Bertz CT molecular complexity index is 822. The Labute approximate surface area is 132 Å². The van der Waals surface area contributed by atoms with Crippen molar-refractivity contribution >= 4 is 45.0 Å². The van der Waals surface area contributed by atoms with Gasteiger partial charge < -0.3 is 9.72 Å². The van der Waals surface area contributed by atoms with Crippen molar-refractivity contribution < 1.29 is 4.74 Å². The molecule has 0 unspecified atom stereocenters. The number of halogens is 2. The average Bonchev–Trinajstić information content (AvgIpc) is 3.11. The molecule has 1 fully saturated rings. The first-order chi connectivity index (χ1) is 10.2. The van der Waals surface area contributed by atoms with E-state index < -0.39 is 0 Å². The van der Waals surface area contributed by atoms with E-state index in [-0.39, 0.29) is 6.10 Å². The Kier molecular flexibility index (Phi) is 3.20. The first kappa shape index (κ1) is 13.2. The van der Waals surface area contributed by atoms with Crippen molar-refractivity contribution in [3.63, 3.8) is 0 Å². The normalized spacial score (nSPS) is 16.1. The predicted molar refractivity (Wildman–Crippen MR) is 86.5 cm³/mol. The molecular weight excluding hydrogens is 307 g/mol. The van der Waals surface area contributed by atoms with Gasteiger partial charge in [-0.05, 0) is 37.8 Å². The van der Waals surface area contributed by atoms with E-state index in [4.69, 9.17) is 27.9 Å². The lowest BCUT2D eigenvalue weighted by Gasteiger charge is -2.16. The second-order valence-corrected chi connectivity index (χ2v) is 6.28. The van der Waals surface area contributed by atoms with Crippen LogP contribution in [0.5, 0.6) is 5.75 Å². The minimum Gasteiger partial charge on any atom is -0.487 e. The van der Waals surface area contributed by atoms with Gasteiger partial charge in [0.1, 0.15) is 5.02 Å². The van der Waals surface area contributed by atoms with E-state index in [2.05, 4.69) is 9.97 Å². The van der Waals surface area contributed by atoms with E-state index in [9.17, 15) is 0 Å². The molecule has 1 aliphatic carbocycles. The molecule has 0 radical (unpaired) electrons. The van der Waals surface area contributed by atoms with E-state index in [1.54, 1.807) is 12.4 Å². The number of aromatic amines is 1. The maximum Gasteiger partial charge on any atom is 0.159 e. The van der Waals surface area contributed by atoms with Crippen LogP contribution in [-0.4, -0.2) is 16.1 Å². The fourth-order valence-corrected chi connectivity index (χ4v) is 3.67. The summed E-state index contributed by atoms with van der Waals surface area (Å²) in [6.07, 6.45) is 8.34. The summed E-state index contributed by atoms with van der Waals surface area (Å²) in [7, 11) is 0. The van der Waals surface area contributed by atoms with Gasteiger partial charge in [-0.2, -0.15) is 0 Å². The molecule has 0 spiro atoms. The number of fused-ring (bicyclic) bond motifs is 3. The molecule has 3 nitrogen and oxygen atoms in total. The number of H-pyrrole nitrogens is 1. The summed E-state index contributed by atoms with van der Waals surface area (Å²) in [5.41, 5.74) is 1.81. The van der Waals surface area contributed by atoms with Crippen LogP contribution in [-0.2, 0) is 0 Å². The maximum absolute atomic E-state index is 6.54. The molecule has 108 valence electrons. The van der Waals surface area contributed by atoms with Gasteiger partial charge in [-0.3, -0.25) is 4.98 Å². The third-order valence-corrected chi connectivity index (χ3v) is 4.78. The number of nitrogens with zero attached hydrogens (tertiary/aromatic N) is 1. The quantitative estimate of drug-likeness (QED) is 0.691. The lowest BCUT2D eigenvalue weighted by molar-refractivity contribution is 0.210. The van der Waals surface area contributed by atoms with E-state index >= 15 is 0 Å². The molecule has 1 aliphatic rings. The molecule has 3 aromatic rings. The zero-order chi connectivity index (χ0) is 14.4.